The van der Waals surface area contributed by atoms with E-state index in [0.717, 1.165) is 5.13 Å². The zero-order valence-electron chi connectivity index (χ0n) is 12.7. The molecular weight excluding hydrogens is 334 g/mol. The van der Waals surface area contributed by atoms with E-state index in [9.17, 15) is 13.2 Å². The van der Waals surface area contributed by atoms with Crippen molar-refractivity contribution in [1.29, 1.82) is 0 Å². The lowest BCUT2D eigenvalue weighted by molar-refractivity contribution is 0.101. The predicted molar refractivity (Wildman–Crippen MR) is 89.5 cm³/mol. The highest BCUT2D eigenvalue weighted by molar-refractivity contribution is 7.89. The highest BCUT2D eigenvalue weighted by Gasteiger charge is 2.29. The molecule has 8 heteroatoms. The lowest BCUT2D eigenvalue weighted by Crippen LogP contribution is -2.48. The minimum atomic E-state index is -3.57. The molecule has 0 aliphatic carbocycles. The molecule has 1 aromatic carbocycles. The fourth-order valence-electron chi connectivity index (χ4n) is 2.52. The van der Waals surface area contributed by atoms with Crippen LogP contribution in [0.3, 0.4) is 0 Å². The molecule has 122 valence electrons. The van der Waals surface area contributed by atoms with E-state index in [2.05, 4.69) is 9.88 Å². The largest absolute Gasteiger partial charge is 0.345 e. The smallest absolute Gasteiger partial charge is 0.243 e. The number of Topliss-reactive ketones (excluding diaryl/α,β-unsaturated/α-hetero) is 1. The van der Waals surface area contributed by atoms with E-state index < -0.39 is 10.0 Å². The van der Waals surface area contributed by atoms with E-state index in [-0.39, 0.29) is 10.7 Å². The van der Waals surface area contributed by atoms with Gasteiger partial charge in [-0.1, -0.05) is 12.1 Å². The molecule has 3 rings (SSSR count). The molecular formula is C15H17N3O3S2. The van der Waals surface area contributed by atoms with Crippen LogP contribution in [0.15, 0.2) is 40.7 Å². The van der Waals surface area contributed by atoms with E-state index in [1.54, 1.807) is 29.7 Å². The molecule has 0 unspecified atom stereocenters. The number of thiazole rings is 1. The molecule has 0 saturated carbocycles. The summed E-state index contributed by atoms with van der Waals surface area (Å²) in [5, 5.41) is 2.83. The van der Waals surface area contributed by atoms with Gasteiger partial charge >= 0.3 is 0 Å². The molecule has 2 aromatic rings. The molecule has 2 heterocycles. The standard InChI is InChI=1S/C15H17N3O3S2/c1-12(19)13-3-2-4-14(11-13)23(20,21)18-8-6-17(7-9-18)15-16-5-10-22-15/h2-5,10-11H,6-9H2,1H3. The van der Waals surface area contributed by atoms with Gasteiger partial charge in [0.2, 0.25) is 10.0 Å². The summed E-state index contributed by atoms with van der Waals surface area (Å²) in [6.07, 6.45) is 1.75. The SMILES string of the molecule is CC(=O)c1cccc(S(=O)(=O)N2CCN(c3nccs3)CC2)c1. The Bertz CT molecular complexity index is 795. The number of benzene rings is 1. The van der Waals surface area contributed by atoms with Crippen molar-refractivity contribution in [3.63, 3.8) is 0 Å². The Morgan fingerprint density at radius 2 is 1.96 bits per heavy atom. The number of carbonyl (C=O) groups excluding carboxylic acids is 1. The Labute approximate surface area is 139 Å². The first-order valence-corrected chi connectivity index (χ1v) is 9.56. The van der Waals surface area contributed by atoms with Crippen molar-refractivity contribution in [3.05, 3.63) is 41.4 Å². The first-order valence-electron chi connectivity index (χ1n) is 7.24. The van der Waals surface area contributed by atoms with Crippen LogP contribution in [0.5, 0.6) is 0 Å². The average Bonchev–Trinajstić information content (AvgIpc) is 3.09. The number of nitrogens with zero attached hydrogens (tertiary/aromatic N) is 3. The van der Waals surface area contributed by atoms with Crippen LogP contribution in [0, 0.1) is 0 Å². The van der Waals surface area contributed by atoms with Crippen molar-refractivity contribution in [3.8, 4) is 0 Å². The third-order valence-electron chi connectivity index (χ3n) is 3.81. The molecule has 1 aliphatic heterocycles. The summed E-state index contributed by atoms with van der Waals surface area (Å²) in [6.45, 7) is 3.47. The summed E-state index contributed by atoms with van der Waals surface area (Å²) in [4.78, 5) is 18.0. The maximum absolute atomic E-state index is 12.7. The number of sulfonamides is 1. The predicted octanol–water partition coefficient (Wildman–Crippen LogP) is 1.86. The zero-order chi connectivity index (χ0) is 16.4. The molecule has 0 spiro atoms. The van der Waals surface area contributed by atoms with Crippen LogP contribution in [0.1, 0.15) is 17.3 Å². The molecule has 0 radical (unpaired) electrons. The number of aromatic nitrogens is 1. The van der Waals surface area contributed by atoms with Crippen LogP contribution < -0.4 is 4.90 Å². The highest BCUT2D eigenvalue weighted by atomic mass is 32.2. The molecule has 1 fully saturated rings. The third kappa shape index (κ3) is 3.29. The number of piperazine rings is 1. The van der Waals surface area contributed by atoms with Gasteiger partial charge in [-0.15, -0.1) is 11.3 Å². The number of ketones is 1. The fourth-order valence-corrected chi connectivity index (χ4v) is 4.68. The first kappa shape index (κ1) is 16.1. The zero-order valence-corrected chi connectivity index (χ0v) is 14.3. The van der Waals surface area contributed by atoms with Crippen molar-refractivity contribution in [2.75, 3.05) is 31.1 Å². The number of hydrogen-bond acceptors (Lipinski definition) is 6. The highest BCUT2D eigenvalue weighted by Crippen LogP contribution is 2.23. The summed E-state index contributed by atoms with van der Waals surface area (Å²) < 4.78 is 26.9. The Morgan fingerprint density at radius 1 is 1.22 bits per heavy atom. The van der Waals surface area contributed by atoms with Gasteiger partial charge in [0.15, 0.2) is 10.9 Å². The van der Waals surface area contributed by atoms with E-state index in [1.165, 1.54) is 23.4 Å². The monoisotopic (exact) mass is 351 g/mol. The number of anilines is 1. The Balaban J connectivity index is 1.76. The third-order valence-corrected chi connectivity index (χ3v) is 6.53. The van der Waals surface area contributed by atoms with Gasteiger partial charge in [-0.3, -0.25) is 4.79 Å². The normalized spacial score (nSPS) is 16.5. The van der Waals surface area contributed by atoms with Gasteiger partial charge in [0.05, 0.1) is 4.90 Å². The summed E-state index contributed by atoms with van der Waals surface area (Å²) in [5.74, 6) is -0.143. The summed E-state index contributed by atoms with van der Waals surface area (Å²) in [6, 6.07) is 6.22. The Kier molecular flexibility index (Phi) is 4.47. The van der Waals surface area contributed by atoms with Gasteiger partial charge in [-0.2, -0.15) is 4.31 Å². The molecule has 1 aromatic heterocycles. The van der Waals surface area contributed by atoms with Gasteiger partial charge < -0.3 is 4.90 Å². The summed E-state index contributed by atoms with van der Waals surface area (Å²) in [7, 11) is -3.57. The average molecular weight is 351 g/mol. The van der Waals surface area contributed by atoms with Crippen LogP contribution >= 0.6 is 11.3 Å². The van der Waals surface area contributed by atoms with E-state index in [4.69, 9.17) is 0 Å². The van der Waals surface area contributed by atoms with Gasteiger partial charge in [0, 0.05) is 43.3 Å². The lowest BCUT2D eigenvalue weighted by Gasteiger charge is -2.33. The molecule has 0 amide bonds. The number of rotatable bonds is 4. The minimum absolute atomic E-state index is 0.143. The van der Waals surface area contributed by atoms with E-state index >= 15 is 0 Å². The van der Waals surface area contributed by atoms with Crippen LogP contribution in [-0.4, -0.2) is 49.7 Å². The molecule has 1 saturated heterocycles. The molecule has 0 atom stereocenters. The van der Waals surface area contributed by atoms with Gasteiger partial charge in [-0.05, 0) is 19.1 Å². The first-order chi connectivity index (χ1) is 11.0. The van der Waals surface area contributed by atoms with Gasteiger partial charge in [0.1, 0.15) is 0 Å². The van der Waals surface area contributed by atoms with Gasteiger partial charge in [0.25, 0.3) is 0 Å². The van der Waals surface area contributed by atoms with Crippen molar-refractivity contribution >= 4 is 32.3 Å². The van der Waals surface area contributed by atoms with Crippen molar-refractivity contribution in [2.24, 2.45) is 0 Å². The van der Waals surface area contributed by atoms with Crippen LogP contribution in [-0.2, 0) is 10.0 Å². The second-order valence-corrected chi connectivity index (χ2v) is 8.10. The number of hydrogen-bond donors (Lipinski definition) is 0. The Morgan fingerprint density at radius 3 is 2.57 bits per heavy atom. The second kappa shape index (κ2) is 6.38. The molecule has 1 aliphatic rings. The molecule has 0 N–H and O–H groups in total. The maximum Gasteiger partial charge on any atom is 0.243 e. The Hall–Kier alpha value is -1.77. The lowest BCUT2D eigenvalue weighted by atomic mass is 10.2. The molecule has 0 bridgehead atoms. The summed E-state index contributed by atoms with van der Waals surface area (Å²) >= 11 is 1.55. The van der Waals surface area contributed by atoms with Crippen molar-refractivity contribution in [2.45, 2.75) is 11.8 Å². The van der Waals surface area contributed by atoms with Crippen LogP contribution in [0.25, 0.3) is 0 Å². The minimum Gasteiger partial charge on any atom is -0.345 e. The number of carbonyl (C=O) groups is 1. The maximum atomic E-state index is 12.7. The van der Waals surface area contributed by atoms with Crippen LogP contribution in [0.2, 0.25) is 0 Å². The summed E-state index contributed by atoms with van der Waals surface area (Å²) in [5.41, 5.74) is 0.410. The van der Waals surface area contributed by atoms with Crippen molar-refractivity contribution in [1.82, 2.24) is 9.29 Å². The van der Waals surface area contributed by atoms with Crippen molar-refractivity contribution < 1.29 is 13.2 Å². The van der Waals surface area contributed by atoms with E-state index in [1.807, 2.05) is 5.38 Å². The molecule has 6 nitrogen and oxygen atoms in total. The second-order valence-electron chi connectivity index (χ2n) is 5.29. The quantitative estimate of drug-likeness (QED) is 0.786. The molecule has 23 heavy (non-hydrogen) atoms. The van der Waals surface area contributed by atoms with Gasteiger partial charge in [-0.25, -0.2) is 13.4 Å². The topological polar surface area (TPSA) is 70.6 Å². The van der Waals surface area contributed by atoms with E-state index in [0.29, 0.717) is 31.7 Å². The fraction of sp³-hybridized carbons (Fsp3) is 0.333. The van der Waals surface area contributed by atoms with Crippen LogP contribution in [0.4, 0.5) is 5.13 Å².